The van der Waals surface area contributed by atoms with E-state index in [9.17, 15) is 14.0 Å². The second kappa shape index (κ2) is 12.5. The number of aryl methyl sites for hydroxylation is 1. The van der Waals surface area contributed by atoms with Gasteiger partial charge < -0.3 is 10.1 Å². The van der Waals surface area contributed by atoms with Gasteiger partial charge in [0.05, 0.1) is 17.3 Å². The molecule has 0 radical (unpaired) electrons. The van der Waals surface area contributed by atoms with Crippen LogP contribution in [-0.4, -0.2) is 16.7 Å². The van der Waals surface area contributed by atoms with Gasteiger partial charge in [0.2, 0.25) is 0 Å². The summed E-state index contributed by atoms with van der Waals surface area (Å²) in [4.78, 5) is 29.9. The molecule has 0 saturated carbocycles. The van der Waals surface area contributed by atoms with Gasteiger partial charge in [0.25, 0.3) is 5.91 Å². The Kier molecular flexibility index (Phi) is 8.41. The first-order valence-electron chi connectivity index (χ1n) is 13.6. The van der Waals surface area contributed by atoms with Gasteiger partial charge in [-0.15, -0.1) is 0 Å². The Morgan fingerprint density at radius 3 is 2.08 bits per heavy atom. The van der Waals surface area contributed by atoms with E-state index in [0.29, 0.717) is 12.0 Å². The first-order valence-corrected chi connectivity index (χ1v) is 13.6. The fourth-order valence-electron chi connectivity index (χ4n) is 4.96. The van der Waals surface area contributed by atoms with Crippen molar-refractivity contribution in [3.05, 3.63) is 137 Å². The fraction of sp³-hybridized carbons (Fsp3) is 0.171. The van der Waals surface area contributed by atoms with Crippen LogP contribution in [0, 0.1) is 5.82 Å². The number of carbonyl (C=O) groups is 2. The highest BCUT2D eigenvalue weighted by Crippen LogP contribution is 2.29. The van der Waals surface area contributed by atoms with E-state index < -0.39 is 0 Å². The lowest BCUT2D eigenvalue weighted by Gasteiger charge is -2.20. The minimum absolute atomic E-state index is 0.176. The molecule has 5 rings (SSSR count). The number of hydrogen-bond donors (Lipinski definition) is 1. The SMILES string of the molecule is CC(=O)CCCCc1cc2cc(C(=O)NC(c3ccccc3)c3ccccc3)ccc2nc1-c1ccc(F)cc1. The van der Waals surface area contributed by atoms with Gasteiger partial charge in [0.15, 0.2) is 0 Å². The largest absolute Gasteiger partial charge is 0.341 e. The van der Waals surface area contributed by atoms with Crippen LogP contribution in [0.15, 0.2) is 109 Å². The smallest absolute Gasteiger partial charge is 0.252 e. The summed E-state index contributed by atoms with van der Waals surface area (Å²) >= 11 is 0. The van der Waals surface area contributed by atoms with Crippen molar-refractivity contribution in [3.8, 4) is 11.3 Å². The van der Waals surface area contributed by atoms with E-state index in [0.717, 1.165) is 58.1 Å². The molecule has 0 spiro atoms. The molecule has 40 heavy (non-hydrogen) atoms. The van der Waals surface area contributed by atoms with Gasteiger partial charge in [-0.25, -0.2) is 9.37 Å². The highest BCUT2D eigenvalue weighted by molar-refractivity contribution is 5.98. The Morgan fingerprint density at radius 1 is 0.800 bits per heavy atom. The Morgan fingerprint density at radius 2 is 1.45 bits per heavy atom. The molecule has 0 atom stereocenters. The number of amides is 1. The van der Waals surface area contributed by atoms with Crippen LogP contribution in [-0.2, 0) is 11.2 Å². The molecule has 0 bridgehead atoms. The molecule has 0 unspecified atom stereocenters. The summed E-state index contributed by atoms with van der Waals surface area (Å²) in [5.41, 5.74) is 5.93. The van der Waals surface area contributed by atoms with Crippen LogP contribution >= 0.6 is 0 Å². The molecule has 0 fully saturated rings. The highest BCUT2D eigenvalue weighted by atomic mass is 19.1. The summed E-state index contributed by atoms with van der Waals surface area (Å²) < 4.78 is 13.6. The normalized spacial score (nSPS) is 11.1. The molecule has 0 saturated heterocycles. The predicted molar refractivity (Wildman–Crippen MR) is 158 cm³/mol. The van der Waals surface area contributed by atoms with E-state index in [1.165, 1.54) is 12.1 Å². The Labute approximate surface area is 233 Å². The standard InChI is InChI=1S/C35H31FN2O2/c1-24(39)10-8-9-15-28-22-30-23-29(18-21-32(30)37-34(28)27-16-19-31(36)20-17-27)35(40)38-33(25-11-4-2-5-12-25)26-13-6-3-7-14-26/h2-7,11-14,16-23,33H,8-10,15H2,1H3,(H,38,40). The number of carbonyl (C=O) groups excluding carboxylic acids is 2. The molecule has 4 aromatic carbocycles. The van der Waals surface area contributed by atoms with Gasteiger partial charge in [-0.3, -0.25) is 4.79 Å². The lowest BCUT2D eigenvalue weighted by Crippen LogP contribution is -2.29. The summed E-state index contributed by atoms with van der Waals surface area (Å²) in [6, 6.07) is 33.5. The number of pyridine rings is 1. The van der Waals surface area contributed by atoms with Gasteiger partial charge >= 0.3 is 0 Å². The number of nitrogens with one attached hydrogen (secondary N) is 1. The summed E-state index contributed by atoms with van der Waals surface area (Å²) in [6.07, 6.45) is 2.89. The molecule has 0 aliphatic rings. The Bertz CT molecular complexity index is 1580. The lowest BCUT2D eigenvalue weighted by molar-refractivity contribution is -0.117. The first kappa shape index (κ1) is 26.9. The number of unbranched alkanes of at least 4 members (excludes halogenated alkanes) is 1. The summed E-state index contributed by atoms with van der Waals surface area (Å²) in [7, 11) is 0. The molecule has 5 aromatic rings. The molecule has 1 amide bonds. The van der Waals surface area contributed by atoms with Crippen LogP contribution in [0.25, 0.3) is 22.2 Å². The quantitative estimate of drug-likeness (QED) is 0.187. The number of Topliss-reactive ketones (excluding diaryl/α,β-unsaturated/α-hetero) is 1. The first-order chi connectivity index (χ1) is 19.5. The second-order valence-corrected chi connectivity index (χ2v) is 10.0. The van der Waals surface area contributed by atoms with Gasteiger partial charge in [0, 0.05) is 22.9 Å². The third kappa shape index (κ3) is 6.49. The second-order valence-electron chi connectivity index (χ2n) is 10.0. The summed E-state index contributed by atoms with van der Waals surface area (Å²) in [6.45, 7) is 1.61. The van der Waals surface area contributed by atoms with Crippen LogP contribution in [0.1, 0.15) is 59.3 Å². The molecule has 0 aliphatic heterocycles. The zero-order chi connectivity index (χ0) is 27.9. The molecular formula is C35H31FN2O2. The van der Waals surface area contributed by atoms with Gasteiger partial charge in [-0.05, 0) is 91.4 Å². The third-order valence-electron chi connectivity index (χ3n) is 7.04. The maximum Gasteiger partial charge on any atom is 0.252 e. The minimum atomic E-state index is -0.299. The minimum Gasteiger partial charge on any atom is -0.341 e. The molecule has 200 valence electrons. The number of fused-ring (bicyclic) bond motifs is 1. The maximum absolute atomic E-state index is 13.6. The molecule has 4 nitrogen and oxygen atoms in total. The van der Waals surface area contributed by atoms with E-state index in [1.807, 2.05) is 72.8 Å². The van der Waals surface area contributed by atoms with Crippen LogP contribution in [0.5, 0.6) is 0 Å². The van der Waals surface area contributed by atoms with Crippen LogP contribution < -0.4 is 5.32 Å². The van der Waals surface area contributed by atoms with E-state index >= 15 is 0 Å². The maximum atomic E-state index is 13.6. The highest BCUT2D eigenvalue weighted by Gasteiger charge is 2.18. The molecule has 5 heteroatoms. The third-order valence-corrected chi connectivity index (χ3v) is 7.04. The Balaban J connectivity index is 1.47. The van der Waals surface area contributed by atoms with E-state index in [2.05, 4.69) is 11.4 Å². The monoisotopic (exact) mass is 530 g/mol. The van der Waals surface area contributed by atoms with Crippen molar-refractivity contribution in [2.24, 2.45) is 0 Å². The number of ketones is 1. The average molecular weight is 531 g/mol. The average Bonchev–Trinajstić information content (AvgIpc) is 2.98. The van der Waals surface area contributed by atoms with Crippen molar-refractivity contribution >= 4 is 22.6 Å². The zero-order valence-electron chi connectivity index (χ0n) is 22.4. The summed E-state index contributed by atoms with van der Waals surface area (Å²) in [5, 5.41) is 4.07. The van der Waals surface area contributed by atoms with Crippen LogP contribution in [0.3, 0.4) is 0 Å². The number of nitrogens with zero attached hydrogens (tertiary/aromatic N) is 1. The number of hydrogen-bond acceptors (Lipinski definition) is 3. The van der Waals surface area contributed by atoms with Gasteiger partial charge in [-0.1, -0.05) is 60.7 Å². The summed E-state index contributed by atoms with van der Waals surface area (Å²) in [5.74, 6) is -0.298. The van der Waals surface area contributed by atoms with Crippen molar-refractivity contribution in [1.82, 2.24) is 10.3 Å². The predicted octanol–water partition coefficient (Wildman–Crippen LogP) is 7.86. The van der Waals surface area contributed by atoms with E-state index in [-0.39, 0.29) is 23.5 Å². The number of benzene rings is 4. The zero-order valence-corrected chi connectivity index (χ0v) is 22.4. The van der Waals surface area contributed by atoms with Crippen molar-refractivity contribution < 1.29 is 14.0 Å². The lowest BCUT2D eigenvalue weighted by atomic mass is 9.97. The number of rotatable bonds is 10. The molecule has 0 aliphatic carbocycles. The Hall–Kier alpha value is -4.64. The number of aromatic nitrogens is 1. The van der Waals surface area contributed by atoms with Crippen molar-refractivity contribution in [3.63, 3.8) is 0 Å². The molecule has 1 heterocycles. The molecular weight excluding hydrogens is 499 g/mol. The van der Waals surface area contributed by atoms with Crippen molar-refractivity contribution in [2.45, 2.75) is 38.6 Å². The number of halogens is 1. The van der Waals surface area contributed by atoms with Crippen LogP contribution in [0.2, 0.25) is 0 Å². The molecule has 1 N–H and O–H groups in total. The van der Waals surface area contributed by atoms with Gasteiger partial charge in [-0.2, -0.15) is 0 Å². The van der Waals surface area contributed by atoms with E-state index in [1.54, 1.807) is 25.1 Å². The van der Waals surface area contributed by atoms with Gasteiger partial charge in [0.1, 0.15) is 11.6 Å². The van der Waals surface area contributed by atoms with Crippen LogP contribution in [0.4, 0.5) is 4.39 Å². The fourth-order valence-corrected chi connectivity index (χ4v) is 4.96. The van der Waals surface area contributed by atoms with Crippen molar-refractivity contribution in [2.75, 3.05) is 0 Å². The topological polar surface area (TPSA) is 59.1 Å². The molecule has 1 aromatic heterocycles. The van der Waals surface area contributed by atoms with Crippen molar-refractivity contribution in [1.29, 1.82) is 0 Å². The van der Waals surface area contributed by atoms with E-state index in [4.69, 9.17) is 4.98 Å².